The van der Waals surface area contributed by atoms with Gasteiger partial charge in [0.05, 0.1) is 6.20 Å². The van der Waals surface area contributed by atoms with Crippen molar-refractivity contribution in [1.29, 1.82) is 0 Å². The summed E-state index contributed by atoms with van der Waals surface area (Å²) in [6.45, 7) is 6.17. The molecule has 0 aliphatic heterocycles. The molecule has 1 N–H and O–H groups in total. The van der Waals surface area contributed by atoms with Gasteiger partial charge in [0.2, 0.25) is 0 Å². The lowest BCUT2D eigenvalue weighted by molar-refractivity contribution is 0.0977. The summed E-state index contributed by atoms with van der Waals surface area (Å²) in [4.78, 5) is 30.1. The Kier molecular flexibility index (Phi) is 3.71. The molecule has 1 aromatic heterocycles. The van der Waals surface area contributed by atoms with Gasteiger partial charge in [-0.05, 0) is 12.3 Å². The fourth-order valence-electron chi connectivity index (χ4n) is 1.16. The first-order chi connectivity index (χ1) is 7.06. The molecule has 0 atom stereocenters. The van der Waals surface area contributed by atoms with Crippen LogP contribution in [0, 0.1) is 0 Å². The monoisotopic (exact) mass is 212 g/mol. The highest BCUT2D eigenvalue weighted by atomic mass is 16.7. The van der Waals surface area contributed by atoms with E-state index in [-0.39, 0.29) is 11.5 Å². The lowest BCUT2D eigenvalue weighted by Gasteiger charge is -2.09. The van der Waals surface area contributed by atoms with Crippen LogP contribution < -0.4 is 16.1 Å². The van der Waals surface area contributed by atoms with E-state index in [0.29, 0.717) is 12.2 Å². The molecule has 0 saturated carbocycles. The molecule has 0 aliphatic carbocycles. The van der Waals surface area contributed by atoms with Gasteiger partial charge in [-0.25, -0.2) is 4.79 Å². The Morgan fingerprint density at radius 1 is 1.47 bits per heavy atom. The van der Waals surface area contributed by atoms with Crippen LogP contribution >= 0.6 is 0 Å². The van der Waals surface area contributed by atoms with Crippen molar-refractivity contribution in [3.8, 4) is 0 Å². The van der Waals surface area contributed by atoms with Crippen molar-refractivity contribution in [2.75, 3.05) is 6.61 Å². The zero-order valence-electron chi connectivity index (χ0n) is 9.24. The van der Waals surface area contributed by atoms with Crippen LogP contribution in [0.25, 0.3) is 0 Å². The maximum absolute atomic E-state index is 11.4. The summed E-state index contributed by atoms with van der Waals surface area (Å²) in [5.74, 6) is 0.0610. The Balaban J connectivity index is 3.12. The number of nitrogens with zero attached hydrogens (tertiary/aromatic N) is 1. The highest BCUT2D eigenvalue weighted by Gasteiger charge is 2.08. The van der Waals surface area contributed by atoms with E-state index in [0.717, 1.165) is 11.2 Å². The third kappa shape index (κ3) is 2.71. The molecule has 0 aromatic carbocycles. The smallest absolute Gasteiger partial charge is 0.361 e. The molecule has 15 heavy (non-hydrogen) atoms. The Labute approximate surface area is 87.7 Å². The lowest BCUT2D eigenvalue weighted by Crippen LogP contribution is -2.35. The molecule has 0 aliphatic rings. The molecule has 0 radical (unpaired) electrons. The topological polar surface area (TPSA) is 64.1 Å². The number of rotatable bonds is 4. The molecule has 0 bridgehead atoms. The first-order valence-electron chi connectivity index (χ1n) is 5.05. The SMILES string of the molecule is CCCOn1cc(C(C)C)c(=O)[nH]c1=O. The number of nitrogens with one attached hydrogen (secondary N) is 1. The summed E-state index contributed by atoms with van der Waals surface area (Å²) >= 11 is 0. The molecule has 5 heteroatoms. The van der Waals surface area contributed by atoms with E-state index in [1.54, 1.807) is 0 Å². The molecule has 5 nitrogen and oxygen atoms in total. The van der Waals surface area contributed by atoms with Crippen molar-refractivity contribution in [2.45, 2.75) is 33.1 Å². The van der Waals surface area contributed by atoms with Crippen molar-refractivity contribution in [2.24, 2.45) is 0 Å². The van der Waals surface area contributed by atoms with E-state index in [2.05, 4.69) is 4.98 Å². The Bertz CT molecular complexity index is 431. The van der Waals surface area contributed by atoms with Crippen LogP contribution in [0.1, 0.15) is 38.7 Å². The Morgan fingerprint density at radius 3 is 2.67 bits per heavy atom. The fraction of sp³-hybridized carbons (Fsp3) is 0.600. The standard InChI is InChI=1S/C10H16N2O3/c1-4-5-15-12-6-8(7(2)3)9(13)11-10(12)14/h6-7H,4-5H2,1-3H3,(H,11,13,14). The molecular formula is C10H16N2O3. The predicted molar refractivity (Wildman–Crippen MR) is 57.1 cm³/mol. The average Bonchev–Trinajstić information content (AvgIpc) is 2.16. The van der Waals surface area contributed by atoms with Crippen LogP contribution in [0.5, 0.6) is 0 Å². The molecule has 0 spiro atoms. The highest BCUT2D eigenvalue weighted by Crippen LogP contribution is 2.05. The number of hydrogen-bond donors (Lipinski definition) is 1. The van der Waals surface area contributed by atoms with E-state index in [9.17, 15) is 9.59 Å². The van der Waals surface area contributed by atoms with Crippen LogP contribution in [0.2, 0.25) is 0 Å². The van der Waals surface area contributed by atoms with Gasteiger partial charge in [-0.2, -0.15) is 0 Å². The van der Waals surface area contributed by atoms with Gasteiger partial charge in [-0.15, -0.1) is 4.73 Å². The number of aromatic amines is 1. The van der Waals surface area contributed by atoms with Gasteiger partial charge in [0.15, 0.2) is 0 Å². The first kappa shape index (κ1) is 11.6. The number of aromatic nitrogens is 2. The summed E-state index contributed by atoms with van der Waals surface area (Å²) in [5, 5.41) is 0. The molecule has 0 amide bonds. The molecular weight excluding hydrogens is 196 g/mol. The number of hydrogen-bond acceptors (Lipinski definition) is 3. The van der Waals surface area contributed by atoms with Crippen LogP contribution in [0.3, 0.4) is 0 Å². The van der Waals surface area contributed by atoms with Gasteiger partial charge in [0.25, 0.3) is 5.56 Å². The molecule has 0 fully saturated rings. The second-order valence-corrected chi connectivity index (χ2v) is 3.66. The van der Waals surface area contributed by atoms with Gasteiger partial charge >= 0.3 is 5.69 Å². The van der Waals surface area contributed by atoms with Crippen LogP contribution in [0.4, 0.5) is 0 Å². The van der Waals surface area contributed by atoms with Gasteiger partial charge < -0.3 is 4.84 Å². The molecule has 84 valence electrons. The van der Waals surface area contributed by atoms with Crippen molar-refractivity contribution in [3.05, 3.63) is 32.6 Å². The maximum atomic E-state index is 11.4. The first-order valence-corrected chi connectivity index (χ1v) is 5.05. The van der Waals surface area contributed by atoms with E-state index in [4.69, 9.17) is 4.84 Å². The van der Waals surface area contributed by atoms with Crippen LogP contribution in [0.15, 0.2) is 15.8 Å². The largest absolute Gasteiger partial charge is 0.410 e. The second-order valence-electron chi connectivity index (χ2n) is 3.66. The molecule has 1 rings (SSSR count). The fourth-order valence-corrected chi connectivity index (χ4v) is 1.16. The van der Waals surface area contributed by atoms with Crippen molar-refractivity contribution in [1.82, 2.24) is 9.71 Å². The van der Waals surface area contributed by atoms with Gasteiger partial charge in [0.1, 0.15) is 6.61 Å². The molecule has 0 saturated heterocycles. The minimum absolute atomic E-state index is 0.0610. The second kappa shape index (κ2) is 4.82. The van der Waals surface area contributed by atoms with Crippen molar-refractivity contribution >= 4 is 0 Å². The molecule has 1 aromatic rings. The Hall–Kier alpha value is -1.52. The van der Waals surface area contributed by atoms with E-state index in [1.807, 2.05) is 20.8 Å². The summed E-state index contributed by atoms with van der Waals surface area (Å²) in [6.07, 6.45) is 2.27. The minimum Gasteiger partial charge on any atom is -0.410 e. The average molecular weight is 212 g/mol. The van der Waals surface area contributed by atoms with Crippen molar-refractivity contribution < 1.29 is 4.84 Å². The minimum atomic E-state index is -0.530. The predicted octanol–water partition coefficient (Wildman–Crippen LogP) is 0.499. The highest BCUT2D eigenvalue weighted by molar-refractivity contribution is 5.08. The van der Waals surface area contributed by atoms with Crippen LogP contribution in [-0.4, -0.2) is 16.3 Å². The molecule has 0 unspecified atom stereocenters. The number of H-pyrrole nitrogens is 1. The maximum Gasteiger partial charge on any atom is 0.361 e. The van der Waals surface area contributed by atoms with E-state index < -0.39 is 5.69 Å². The van der Waals surface area contributed by atoms with Gasteiger partial charge in [0, 0.05) is 5.56 Å². The zero-order chi connectivity index (χ0) is 11.4. The Morgan fingerprint density at radius 2 is 2.13 bits per heavy atom. The normalized spacial score (nSPS) is 10.7. The third-order valence-electron chi connectivity index (χ3n) is 2.00. The van der Waals surface area contributed by atoms with Gasteiger partial charge in [-0.1, -0.05) is 20.8 Å². The van der Waals surface area contributed by atoms with Crippen molar-refractivity contribution in [3.63, 3.8) is 0 Å². The summed E-state index contributed by atoms with van der Waals surface area (Å²) in [7, 11) is 0. The zero-order valence-corrected chi connectivity index (χ0v) is 9.24. The third-order valence-corrected chi connectivity index (χ3v) is 2.00. The van der Waals surface area contributed by atoms with E-state index >= 15 is 0 Å². The quantitative estimate of drug-likeness (QED) is 0.790. The summed E-state index contributed by atoms with van der Waals surface area (Å²) in [5.41, 5.74) is -0.324. The summed E-state index contributed by atoms with van der Waals surface area (Å²) in [6, 6.07) is 0. The van der Waals surface area contributed by atoms with E-state index in [1.165, 1.54) is 6.20 Å². The lowest BCUT2D eigenvalue weighted by atomic mass is 10.1. The van der Waals surface area contributed by atoms with Gasteiger partial charge in [-0.3, -0.25) is 9.78 Å². The van der Waals surface area contributed by atoms with Crippen LogP contribution in [-0.2, 0) is 0 Å². The summed E-state index contributed by atoms with van der Waals surface area (Å²) < 4.78 is 1.08. The molecule has 1 heterocycles.